The number of hydrogen-bond acceptors (Lipinski definition) is 3. The third-order valence-electron chi connectivity index (χ3n) is 4.74. The molecular weight excluding hydrogens is 280 g/mol. The number of aromatic nitrogens is 2. The van der Waals surface area contributed by atoms with Gasteiger partial charge in [-0.2, -0.15) is 0 Å². The molecule has 0 bridgehead atoms. The maximum atomic E-state index is 12.4. The van der Waals surface area contributed by atoms with Crippen LogP contribution in [-0.4, -0.2) is 39.3 Å². The fourth-order valence-corrected chi connectivity index (χ4v) is 2.94. The standard InChI is InChI=1S/C16H20N4O2/c1-16(2)11(7-14(21)20(16)3)15(22)17-8-10-4-5-12-13(6-10)19-9-18-12/h4-6,9,11H,7-8H2,1-3H3,(H,17,22)(H,18,19)/t11-/m1/s1. The first-order valence-electron chi connectivity index (χ1n) is 7.36. The monoisotopic (exact) mass is 300 g/mol. The van der Waals surface area contributed by atoms with E-state index in [9.17, 15) is 9.59 Å². The number of benzene rings is 1. The van der Waals surface area contributed by atoms with Gasteiger partial charge >= 0.3 is 0 Å². The van der Waals surface area contributed by atoms with Gasteiger partial charge in [-0.1, -0.05) is 6.07 Å². The maximum Gasteiger partial charge on any atom is 0.226 e. The third kappa shape index (κ3) is 2.34. The molecule has 0 saturated carbocycles. The zero-order chi connectivity index (χ0) is 15.9. The van der Waals surface area contributed by atoms with Gasteiger partial charge in [0.2, 0.25) is 11.8 Å². The van der Waals surface area contributed by atoms with Gasteiger partial charge in [0.15, 0.2) is 0 Å². The van der Waals surface area contributed by atoms with Crippen LogP contribution in [0.4, 0.5) is 0 Å². The van der Waals surface area contributed by atoms with Gasteiger partial charge in [-0.25, -0.2) is 4.98 Å². The van der Waals surface area contributed by atoms with E-state index in [-0.39, 0.29) is 24.2 Å². The summed E-state index contributed by atoms with van der Waals surface area (Å²) in [4.78, 5) is 33.1. The number of nitrogens with one attached hydrogen (secondary N) is 2. The van der Waals surface area contributed by atoms with Crippen LogP contribution in [0.15, 0.2) is 24.5 Å². The SMILES string of the molecule is CN1C(=O)C[C@H](C(=O)NCc2ccc3nc[nH]c3c2)C1(C)C. The summed E-state index contributed by atoms with van der Waals surface area (Å²) in [6, 6.07) is 5.84. The molecule has 1 aromatic carbocycles. The van der Waals surface area contributed by atoms with Crippen LogP contribution in [0.1, 0.15) is 25.8 Å². The van der Waals surface area contributed by atoms with Crippen molar-refractivity contribution in [1.29, 1.82) is 0 Å². The van der Waals surface area contributed by atoms with Crippen molar-refractivity contribution in [3.8, 4) is 0 Å². The summed E-state index contributed by atoms with van der Waals surface area (Å²) in [5.41, 5.74) is 2.40. The Morgan fingerprint density at radius 3 is 2.95 bits per heavy atom. The predicted octanol–water partition coefficient (Wildman–Crippen LogP) is 1.44. The molecule has 2 aromatic rings. The van der Waals surface area contributed by atoms with Crippen LogP contribution in [0.2, 0.25) is 0 Å². The molecule has 1 atom stereocenters. The number of aromatic amines is 1. The first-order chi connectivity index (χ1) is 10.4. The largest absolute Gasteiger partial charge is 0.352 e. The molecule has 0 radical (unpaired) electrons. The van der Waals surface area contributed by atoms with Crippen LogP contribution in [0, 0.1) is 5.92 Å². The fourth-order valence-electron chi connectivity index (χ4n) is 2.94. The molecule has 1 fully saturated rings. The Balaban J connectivity index is 1.68. The Bertz CT molecular complexity index is 735. The smallest absolute Gasteiger partial charge is 0.226 e. The van der Waals surface area contributed by atoms with Gasteiger partial charge in [-0.3, -0.25) is 9.59 Å². The number of nitrogens with zero attached hydrogens (tertiary/aromatic N) is 2. The molecule has 22 heavy (non-hydrogen) atoms. The number of rotatable bonds is 3. The summed E-state index contributed by atoms with van der Waals surface area (Å²) in [5.74, 6) is -0.377. The van der Waals surface area contributed by atoms with Crippen LogP contribution in [0.5, 0.6) is 0 Å². The second kappa shape index (κ2) is 5.12. The lowest BCUT2D eigenvalue weighted by atomic mass is 9.88. The highest BCUT2D eigenvalue weighted by molar-refractivity contribution is 5.91. The van der Waals surface area contributed by atoms with Crippen LogP contribution in [0.3, 0.4) is 0 Å². The minimum Gasteiger partial charge on any atom is -0.352 e. The molecule has 2 N–H and O–H groups in total. The normalized spacial score (nSPS) is 20.6. The van der Waals surface area contributed by atoms with E-state index in [2.05, 4.69) is 15.3 Å². The molecule has 1 aliphatic rings. The van der Waals surface area contributed by atoms with Gasteiger partial charge in [0.25, 0.3) is 0 Å². The van der Waals surface area contributed by atoms with Crippen molar-refractivity contribution < 1.29 is 9.59 Å². The Kier molecular flexibility index (Phi) is 3.39. The van der Waals surface area contributed by atoms with Crippen molar-refractivity contribution in [2.45, 2.75) is 32.4 Å². The fraction of sp³-hybridized carbons (Fsp3) is 0.438. The summed E-state index contributed by atoms with van der Waals surface area (Å²) in [6.45, 7) is 4.30. The number of imidazole rings is 1. The molecule has 0 aliphatic carbocycles. The number of likely N-dealkylation sites (tertiary alicyclic amines) is 1. The molecular formula is C16H20N4O2. The van der Waals surface area contributed by atoms with Crippen molar-refractivity contribution in [1.82, 2.24) is 20.2 Å². The molecule has 116 valence electrons. The molecule has 1 saturated heterocycles. The lowest BCUT2D eigenvalue weighted by Gasteiger charge is -2.32. The van der Waals surface area contributed by atoms with Crippen molar-refractivity contribution in [2.75, 3.05) is 7.05 Å². The minimum absolute atomic E-state index is 0.0176. The second-order valence-corrected chi connectivity index (χ2v) is 6.33. The molecule has 1 aliphatic heterocycles. The molecule has 2 heterocycles. The summed E-state index contributed by atoms with van der Waals surface area (Å²) in [5, 5.41) is 2.94. The van der Waals surface area contributed by atoms with E-state index in [1.165, 1.54) is 0 Å². The van der Waals surface area contributed by atoms with Gasteiger partial charge in [0, 0.05) is 25.6 Å². The van der Waals surface area contributed by atoms with Crippen LogP contribution in [-0.2, 0) is 16.1 Å². The summed E-state index contributed by atoms with van der Waals surface area (Å²) >= 11 is 0. The van der Waals surface area contributed by atoms with Crippen molar-refractivity contribution in [3.63, 3.8) is 0 Å². The average molecular weight is 300 g/mol. The van der Waals surface area contributed by atoms with Crippen LogP contribution < -0.4 is 5.32 Å². The number of carbonyl (C=O) groups excluding carboxylic acids is 2. The van der Waals surface area contributed by atoms with Gasteiger partial charge in [-0.15, -0.1) is 0 Å². The Labute approximate surface area is 128 Å². The molecule has 6 nitrogen and oxygen atoms in total. The van der Waals surface area contributed by atoms with E-state index in [1.54, 1.807) is 18.3 Å². The lowest BCUT2D eigenvalue weighted by molar-refractivity contribution is -0.128. The van der Waals surface area contributed by atoms with E-state index in [4.69, 9.17) is 0 Å². The zero-order valence-corrected chi connectivity index (χ0v) is 13.0. The quantitative estimate of drug-likeness (QED) is 0.900. The maximum absolute atomic E-state index is 12.4. The Morgan fingerprint density at radius 2 is 2.27 bits per heavy atom. The van der Waals surface area contributed by atoms with Crippen LogP contribution >= 0.6 is 0 Å². The number of hydrogen-bond donors (Lipinski definition) is 2. The van der Waals surface area contributed by atoms with Gasteiger partial charge in [0.05, 0.1) is 23.3 Å². The highest BCUT2D eigenvalue weighted by atomic mass is 16.2. The predicted molar refractivity (Wildman–Crippen MR) is 82.9 cm³/mol. The second-order valence-electron chi connectivity index (χ2n) is 6.33. The van der Waals surface area contributed by atoms with Crippen LogP contribution in [0.25, 0.3) is 11.0 Å². The van der Waals surface area contributed by atoms with E-state index in [0.29, 0.717) is 6.54 Å². The van der Waals surface area contributed by atoms with Crippen molar-refractivity contribution >= 4 is 22.8 Å². The van der Waals surface area contributed by atoms with Crippen molar-refractivity contribution in [3.05, 3.63) is 30.1 Å². The first kappa shape index (κ1) is 14.6. The van der Waals surface area contributed by atoms with E-state index in [0.717, 1.165) is 16.6 Å². The van der Waals surface area contributed by atoms with E-state index in [1.807, 2.05) is 32.0 Å². The molecule has 0 spiro atoms. The number of amides is 2. The van der Waals surface area contributed by atoms with Crippen molar-refractivity contribution in [2.24, 2.45) is 5.92 Å². The average Bonchev–Trinajstić information content (AvgIpc) is 3.03. The zero-order valence-electron chi connectivity index (χ0n) is 13.0. The van der Waals surface area contributed by atoms with E-state index < -0.39 is 5.54 Å². The highest BCUT2D eigenvalue weighted by Crippen LogP contribution is 2.34. The van der Waals surface area contributed by atoms with Gasteiger partial charge in [0.1, 0.15) is 0 Å². The topological polar surface area (TPSA) is 78.1 Å². The summed E-state index contributed by atoms with van der Waals surface area (Å²) < 4.78 is 0. The van der Waals surface area contributed by atoms with Gasteiger partial charge in [-0.05, 0) is 31.5 Å². The summed E-state index contributed by atoms with van der Waals surface area (Å²) in [7, 11) is 1.75. The number of H-pyrrole nitrogens is 1. The van der Waals surface area contributed by atoms with E-state index >= 15 is 0 Å². The Hall–Kier alpha value is -2.37. The molecule has 3 rings (SSSR count). The lowest BCUT2D eigenvalue weighted by Crippen LogP contribution is -2.46. The number of carbonyl (C=O) groups is 2. The molecule has 0 unspecified atom stereocenters. The highest BCUT2D eigenvalue weighted by Gasteiger charge is 2.47. The Morgan fingerprint density at radius 1 is 1.50 bits per heavy atom. The summed E-state index contributed by atoms with van der Waals surface area (Å²) in [6.07, 6.45) is 1.92. The molecule has 1 aromatic heterocycles. The third-order valence-corrected chi connectivity index (χ3v) is 4.74. The molecule has 2 amide bonds. The molecule has 6 heteroatoms. The first-order valence-corrected chi connectivity index (χ1v) is 7.36. The van der Waals surface area contributed by atoms with Gasteiger partial charge < -0.3 is 15.2 Å². The number of fused-ring (bicyclic) bond motifs is 1. The minimum atomic E-state index is -0.450.